The highest BCUT2D eigenvalue weighted by molar-refractivity contribution is 6.07. The Bertz CT molecular complexity index is 1160. The third-order valence-electron chi connectivity index (χ3n) is 8.33. The molecule has 5 rings (SSSR count). The quantitative estimate of drug-likeness (QED) is 0.352. The van der Waals surface area contributed by atoms with Crippen molar-refractivity contribution in [2.75, 3.05) is 50.8 Å². The number of hydrogen-bond donors (Lipinski definition) is 0. The zero-order valence-corrected chi connectivity index (χ0v) is 22.4. The molecule has 37 heavy (non-hydrogen) atoms. The lowest BCUT2D eigenvalue weighted by Crippen LogP contribution is -2.48. The number of nitrogens with zero attached hydrogens (tertiary/aromatic N) is 3. The summed E-state index contributed by atoms with van der Waals surface area (Å²) in [6.45, 7) is 10.9. The second kappa shape index (κ2) is 12.0. The van der Waals surface area contributed by atoms with Crippen LogP contribution in [0, 0.1) is 5.92 Å². The maximum absolute atomic E-state index is 13.3. The normalized spacial score (nSPS) is 20.8. The summed E-state index contributed by atoms with van der Waals surface area (Å²) in [6, 6.07) is 23.3. The first-order valence-corrected chi connectivity index (χ1v) is 14.1. The minimum atomic E-state index is 0.129. The van der Waals surface area contributed by atoms with Gasteiger partial charge in [-0.3, -0.25) is 4.79 Å². The summed E-state index contributed by atoms with van der Waals surface area (Å²) in [4.78, 5) is 20.3. The number of carbonyl (C=O) groups excluding carboxylic acids is 1. The Labute approximate surface area is 222 Å². The van der Waals surface area contributed by atoms with Crippen molar-refractivity contribution >= 4 is 22.4 Å². The molecule has 1 amide bonds. The van der Waals surface area contributed by atoms with Gasteiger partial charge in [-0.2, -0.15) is 0 Å². The Balaban J connectivity index is 1.08. The van der Waals surface area contributed by atoms with E-state index in [-0.39, 0.29) is 5.91 Å². The summed E-state index contributed by atoms with van der Waals surface area (Å²) < 4.78 is 6.06. The number of benzene rings is 3. The van der Waals surface area contributed by atoms with E-state index >= 15 is 0 Å². The Morgan fingerprint density at radius 1 is 0.919 bits per heavy atom. The highest BCUT2D eigenvalue weighted by Crippen LogP contribution is 2.25. The van der Waals surface area contributed by atoms with Gasteiger partial charge in [-0.05, 0) is 73.2 Å². The Hall–Kier alpha value is -3.05. The fourth-order valence-electron chi connectivity index (χ4n) is 5.87. The molecule has 5 heteroatoms. The van der Waals surface area contributed by atoms with Crippen LogP contribution in [0.2, 0.25) is 0 Å². The van der Waals surface area contributed by atoms with Gasteiger partial charge in [0.1, 0.15) is 5.75 Å². The molecule has 0 N–H and O–H groups in total. The van der Waals surface area contributed by atoms with Crippen molar-refractivity contribution in [3.8, 4) is 5.75 Å². The summed E-state index contributed by atoms with van der Waals surface area (Å²) in [5, 5.41) is 2.14. The van der Waals surface area contributed by atoms with Crippen LogP contribution in [0.3, 0.4) is 0 Å². The van der Waals surface area contributed by atoms with Crippen LogP contribution in [0.4, 0.5) is 5.69 Å². The van der Waals surface area contributed by atoms with Gasteiger partial charge in [0.2, 0.25) is 0 Å². The van der Waals surface area contributed by atoms with Crippen molar-refractivity contribution in [3.05, 3.63) is 72.3 Å². The van der Waals surface area contributed by atoms with E-state index in [9.17, 15) is 4.79 Å². The first-order chi connectivity index (χ1) is 18.1. The molecule has 3 aromatic rings. The molecular formula is C32H41N3O2. The number of ether oxygens (including phenoxy) is 1. The van der Waals surface area contributed by atoms with Crippen molar-refractivity contribution in [3.63, 3.8) is 0 Å². The zero-order valence-electron chi connectivity index (χ0n) is 22.4. The van der Waals surface area contributed by atoms with Crippen LogP contribution in [-0.4, -0.2) is 67.6 Å². The van der Waals surface area contributed by atoms with Gasteiger partial charge in [0.05, 0.1) is 6.61 Å². The van der Waals surface area contributed by atoms with Gasteiger partial charge in [-0.15, -0.1) is 0 Å². The third kappa shape index (κ3) is 6.10. The summed E-state index contributed by atoms with van der Waals surface area (Å²) in [5.41, 5.74) is 1.99. The van der Waals surface area contributed by atoms with E-state index < -0.39 is 0 Å². The SMILES string of the molecule is CCC1CCC(C)N(CCCOc2ccc(N3CCN(C(=O)c4cccc5ccccc45)CC3)cc2)C1. The average molecular weight is 500 g/mol. The fourth-order valence-corrected chi connectivity index (χ4v) is 5.87. The highest BCUT2D eigenvalue weighted by atomic mass is 16.5. The van der Waals surface area contributed by atoms with Gasteiger partial charge in [0.15, 0.2) is 0 Å². The number of rotatable bonds is 8. The van der Waals surface area contributed by atoms with E-state index in [1.54, 1.807) is 0 Å². The molecule has 2 saturated heterocycles. The monoisotopic (exact) mass is 499 g/mol. The van der Waals surface area contributed by atoms with Crippen molar-refractivity contribution in [1.29, 1.82) is 0 Å². The average Bonchev–Trinajstić information content (AvgIpc) is 2.96. The number of fused-ring (bicyclic) bond motifs is 1. The van der Waals surface area contributed by atoms with Gasteiger partial charge >= 0.3 is 0 Å². The second-order valence-corrected chi connectivity index (χ2v) is 10.7. The molecule has 0 spiro atoms. The predicted molar refractivity (Wildman–Crippen MR) is 153 cm³/mol. The molecule has 0 aliphatic carbocycles. The lowest BCUT2D eigenvalue weighted by atomic mass is 9.91. The summed E-state index contributed by atoms with van der Waals surface area (Å²) in [6.07, 6.45) is 5.07. The third-order valence-corrected chi connectivity index (χ3v) is 8.33. The van der Waals surface area contributed by atoms with Crippen LogP contribution >= 0.6 is 0 Å². The summed E-state index contributed by atoms with van der Waals surface area (Å²) >= 11 is 0. The van der Waals surface area contributed by atoms with E-state index in [2.05, 4.69) is 60.0 Å². The largest absolute Gasteiger partial charge is 0.494 e. The molecule has 3 aromatic carbocycles. The van der Waals surface area contributed by atoms with Crippen LogP contribution < -0.4 is 9.64 Å². The van der Waals surface area contributed by atoms with Crippen LogP contribution in [0.15, 0.2) is 66.7 Å². The Morgan fingerprint density at radius 2 is 1.68 bits per heavy atom. The van der Waals surface area contributed by atoms with Crippen LogP contribution in [-0.2, 0) is 0 Å². The first-order valence-electron chi connectivity index (χ1n) is 14.1. The fraction of sp³-hybridized carbons (Fsp3) is 0.469. The van der Waals surface area contributed by atoms with Gasteiger partial charge in [0, 0.05) is 56.6 Å². The lowest BCUT2D eigenvalue weighted by molar-refractivity contribution is 0.0749. The molecule has 0 aromatic heterocycles. The number of piperidine rings is 1. The van der Waals surface area contributed by atoms with Gasteiger partial charge in [-0.1, -0.05) is 49.7 Å². The Morgan fingerprint density at radius 3 is 2.46 bits per heavy atom. The molecule has 2 aliphatic rings. The molecular weight excluding hydrogens is 458 g/mol. The summed E-state index contributed by atoms with van der Waals surface area (Å²) in [7, 11) is 0. The predicted octanol–water partition coefficient (Wildman–Crippen LogP) is 6.08. The maximum Gasteiger partial charge on any atom is 0.254 e. The van der Waals surface area contributed by atoms with Crippen LogP contribution in [0.5, 0.6) is 5.75 Å². The summed E-state index contributed by atoms with van der Waals surface area (Å²) in [5.74, 6) is 1.93. The van der Waals surface area contributed by atoms with Crippen LogP contribution in [0.25, 0.3) is 10.8 Å². The molecule has 2 aliphatic heterocycles. The van der Waals surface area contributed by atoms with Crippen molar-refractivity contribution < 1.29 is 9.53 Å². The minimum Gasteiger partial charge on any atom is -0.494 e. The number of anilines is 1. The van der Waals surface area contributed by atoms with E-state index in [1.165, 1.54) is 31.5 Å². The molecule has 0 radical (unpaired) electrons. The van der Waals surface area contributed by atoms with E-state index in [1.807, 2.05) is 35.2 Å². The standard InChI is InChI=1S/C32H41N3O2/c1-3-26-13-12-25(2)35(24-26)18-7-23-37-29-16-14-28(15-17-29)33-19-21-34(22-20-33)32(36)31-11-6-9-27-8-4-5-10-30(27)31/h4-6,8-11,14-17,25-26H,3,7,12-13,18-24H2,1-2H3. The number of hydrogen-bond acceptors (Lipinski definition) is 4. The van der Waals surface area contributed by atoms with Crippen molar-refractivity contribution in [2.45, 2.75) is 45.6 Å². The van der Waals surface area contributed by atoms with Crippen molar-refractivity contribution in [2.24, 2.45) is 5.92 Å². The minimum absolute atomic E-state index is 0.129. The molecule has 0 bridgehead atoms. The van der Waals surface area contributed by atoms with E-state index in [0.717, 1.165) is 73.8 Å². The topological polar surface area (TPSA) is 36.0 Å². The van der Waals surface area contributed by atoms with Gasteiger partial charge in [0.25, 0.3) is 5.91 Å². The molecule has 0 saturated carbocycles. The van der Waals surface area contributed by atoms with Crippen molar-refractivity contribution in [1.82, 2.24) is 9.80 Å². The smallest absolute Gasteiger partial charge is 0.254 e. The molecule has 5 nitrogen and oxygen atoms in total. The molecule has 2 atom stereocenters. The molecule has 2 unspecified atom stereocenters. The highest BCUT2D eigenvalue weighted by Gasteiger charge is 2.25. The van der Waals surface area contributed by atoms with Gasteiger partial charge in [-0.25, -0.2) is 0 Å². The van der Waals surface area contributed by atoms with Crippen LogP contribution in [0.1, 0.15) is 49.9 Å². The maximum atomic E-state index is 13.3. The van der Waals surface area contributed by atoms with E-state index in [4.69, 9.17) is 4.74 Å². The van der Waals surface area contributed by atoms with Gasteiger partial charge < -0.3 is 19.4 Å². The Kier molecular flexibility index (Phi) is 8.30. The van der Waals surface area contributed by atoms with E-state index in [0.29, 0.717) is 6.04 Å². The second-order valence-electron chi connectivity index (χ2n) is 10.7. The zero-order chi connectivity index (χ0) is 25.6. The number of likely N-dealkylation sites (tertiary alicyclic amines) is 1. The number of amides is 1. The first kappa shape index (κ1) is 25.6. The number of carbonyl (C=O) groups is 1. The molecule has 2 heterocycles. The molecule has 2 fully saturated rings. The lowest BCUT2D eigenvalue weighted by Gasteiger charge is -2.37. The molecule has 196 valence electrons. The number of piperazine rings is 1.